The summed E-state index contributed by atoms with van der Waals surface area (Å²) in [7, 11) is 0. The number of amides is 1. The first-order valence-corrected chi connectivity index (χ1v) is 8.51. The fourth-order valence-corrected chi connectivity index (χ4v) is 2.85. The molecule has 0 saturated carbocycles. The first-order valence-electron chi connectivity index (χ1n) is 8.51. The summed E-state index contributed by atoms with van der Waals surface area (Å²) in [5.41, 5.74) is 4.53. The van der Waals surface area contributed by atoms with Gasteiger partial charge in [0.2, 0.25) is 0 Å². The van der Waals surface area contributed by atoms with Crippen LogP contribution in [0.15, 0.2) is 79.4 Å². The Balaban J connectivity index is 1.47. The molecule has 128 valence electrons. The van der Waals surface area contributed by atoms with Crippen molar-refractivity contribution in [1.82, 2.24) is 19.7 Å². The maximum absolute atomic E-state index is 12.4. The topological polar surface area (TPSA) is 59.3 Å². The van der Waals surface area contributed by atoms with Crippen molar-refractivity contribution in [2.75, 3.05) is 6.54 Å². The molecule has 0 saturated heterocycles. The van der Waals surface area contributed by atoms with Crippen LogP contribution in [0.1, 0.15) is 15.9 Å². The van der Waals surface area contributed by atoms with Crippen LogP contribution >= 0.6 is 0 Å². The summed E-state index contributed by atoms with van der Waals surface area (Å²) in [4.78, 5) is 21.0. The number of hydrogen-bond acceptors (Lipinski definition) is 3. The Labute approximate surface area is 151 Å². The number of pyridine rings is 2. The summed E-state index contributed by atoms with van der Waals surface area (Å²) in [6, 6.07) is 17.6. The third-order valence-corrected chi connectivity index (χ3v) is 4.23. The molecule has 1 amide bonds. The molecule has 0 radical (unpaired) electrons. The van der Waals surface area contributed by atoms with E-state index in [0.29, 0.717) is 12.1 Å². The molecule has 0 atom stereocenters. The van der Waals surface area contributed by atoms with Crippen LogP contribution in [-0.4, -0.2) is 26.8 Å². The molecule has 0 bridgehead atoms. The number of carbonyl (C=O) groups is 1. The molecule has 0 aliphatic heterocycles. The lowest BCUT2D eigenvalue weighted by atomic mass is 10.2. The Hall–Kier alpha value is -3.47. The normalized spacial score (nSPS) is 10.8. The van der Waals surface area contributed by atoms with E-state index in [9.17, 15) is 4.79 Å². The van der Waals surface area contributed by atoms with Gasteiger partial charge in [0.15, 0.2) is 0 Å². The van der Waals surface area contributed by atoms with Crippen molar-refractivity contribution in [3.8, 4) is 11.3 Å². The third kappa shape index (κ3) is 3.47. The lowest BCUT2D eigenvalue weighted by molar-refractivity contribution is 0.0953. The van der Waals surface area contributed by atoms with Crippen molar-refractivity contribution in [2.45, 2.75) is 6.42 Å². The number of hydrogen-bond donors (Lipinski definition) is 1. The zero-order valence-corrected chi connectivity index (χ0v) is 14.2. The van der Waals surface area contributed by atoms with E-state index in [1.807, 2.05) is 65.3 Å². The molecule has 0 unspecified atom stereocenters. The van der Waals surface area contributed by atoms with Crippen molar-refractivity contribution < 1.29 is 4.79 Å². The predicted molar refractivity (Wildman–Crippen MR) is 101 cm³/mol. The van der Waals surface area contributed by atoms with Gasteiger partial charge in [-0.1, -0.05) is 30.3 Å². The molecule has 4 aromatic rings. The second-order valence-electron chi connectivity index (χ2n) is 6.04. The van der Waals surface area contributed by atoms with Gasteiger partial charge in [-0.25, -0.2) is 4.98 Å². The Morgan fingerprint density at radius 1 is 0.962 bits per heavy atom. The van der Waals surface area contributed by atoms with Gasteiger partial charge in [0.25, 0.3) is 5.91 Å². The largest absolute Gasteiger partial charge is 0.352 e. The molecule has 5 nitrogen and oxygen atoms in total. The molecule has 3 heterocycles. The summed E-state index contributed by atoms with van der Waals surface area (Å²) < 4.78 is 1.89. The molecule has 1 N–H and O–H groups in total. The molecule has 0 aliphatic rings. The maximum Gasteiger partial charge on any atom is 0.252 e. The van der Waals surface area contributed by atoms with E-state index < -0.39 is 0 Å². The van der Waals surface area contributed by atoms with Crippen LogP contribution in [0.2, 0.25) is 0 Å². The second kappa shape index (κ2) is 7.19. The molecule has 26 heavy (non-hydrogen) atoms. The van der Waals surface area contributed by atoms with Gasteiger partial charge >= 0.3 is 0 Å². The van der Waals surface area contributed by atoms with Crippen molar-refractivity contribution in [1.29, 1.82) is 0 Å². The first-order chi connectivity index (χ1) is 12.8. The van der Waals surface area contributed by atoms with Crippen molar-refractivity contribution >= 4 is 11.6 Å². The average molecular weight is 342 g/mol. The van der Waals surface area contributed by atoms with Gasteiger partial charge in [-0.2, -0.15) is 0 Å². The third-order valence-electron chi connectivity index (χ3n) is 4.23. The summed E-state index contributed by atoms with van der Waals surface area (Å²) in [6.07, 6.45) is 8.05. The lowest BCUT2D eigenvalue weighted by Gasteiger charge is -2.05. The number of aromatic nitrogens is 3. The van der Waals surface area contributed by atoms with Gasteiger partial charge in [0, 0.05) is 36.9 Å². The number of rotatable bonds is 5. The molecule has 5 heteroatoms. The fraction of sp³-hybridized carbons (Fsp3) is 0.0952. The van der Waals surface area contributed by atoms with Crippen molar-refractivity contribution in [3.05, 3.63) is 90.5 Å². The van der Waals surface area contributed by atoms with Crippen molar-refractivity contribution in [3.63, 3.8) is 0 Å². The zero-order valence-electron chi connectivity index (χ0n) is 14.2. The van der Waals surface area contributed by atoms with E-state index in [1.54, 1.807) is 18.5 Å². The number of nitrogens with zero attached hydrogens (tertiary/aromatic N) is 3. The van der Waals surface area contributed by atoms with E-state index in [4.69, 9.17) is 0 Å². The number of imidazole rings is 1. The zero-order chi connectivity index (χ0) is 17.8. The van der Waals surface area contributed by atoms with Gasteiger partial charge in [-0.15, -0.1) is 0 Å². The minimum Gasteiger partial charge on any atom is -0.352 e. The number of nitrogens with one attached hydrogen (secondary N) is 1. The Morgan fingerprint density at radius 2 is 1.77 bits per heavy atom. The highest BCUT2D eigenvalue weighted by molar-refractivity contribution is 5.94. The molecule has 0 fully saturated rings. The Morgan fingerprint density at radius 3 is 2.58 bits per heavy atom. The van der Waals surface area contributed by atoms with E-state index in [2.05, 4.69) is 15.3 Å². The minimum atomic E-state index is -0.0871. The van der Waals surface area contributed by atoms with Crippen LogP contribution in [0.5, 0.6) is 0 Å². The van der Waals surface area contributed by atoms with E-state index in [-0.39, 0.29) is 5.91 Å². The molecular formula is C21H18N4O. The highest BCUT2D eigenvalue weighted by Crippen LogP contribution is 2.19. The quantitative estimate of drug-likeness (QED) is 0.605. The molecule has 0 spiro atoms. The summed E-state index contributed by atoms with van der Waals surface area (Å²) in [5, 5.41) is 2.96. The Kier molecular flexibility index (Phi) is 4.43. The van der Waals surface area contributed by atoms with Crippen LogP contribution in [0, 0.1) is 0 Å². The molecule has 0 aliphatic carbocycles. The molecule has 1 aromatic carbocycles. The summed E-state index contributed by atoms with van der Waals surface area (Å²) >= 11 is 0. The summed E-state index contributed by atoms with van der Waals surface area (Å²) in [5.74, 6) is -0.0871. The molecule has 4 rings (SSSR count). The lowest BCUT2D eigenvalue weighted by Crippen LogP contribution is -2.25. The number of carbonyl (C=O) groups excluding carboxylic acids is 1. The smallest absolute Gasteiger partial charge is 0.252 e. The van der Waals surface area contributed by atoms with Gasteiger partial charge in [-0.3, -0.25) is 9.78 Å². The molecular weight excluding hydrogens is 324 g/mol. The second-order valence-corrected chi connectivity index (χ2v) is 6.04. The maximum atomic E-state index is 12.4. The standard InChI is InChI=1S/C21H18N4O/c26-21(23-13-10-16-8-11-22-12-9-16)18-6-7-20-24-19(15-25(20)14-18)17-4-2-1-3-5-17/h1-9,11-12,14-15H,10,13H2,(H,23,26). The number of benzene rings is 1. The van der Waals surface area contributed by atoms with Gasteiger partial charge in [0.1, 0.15) is 5.65 Å². The SMILES string of the molecule is O=C(NCCc1ccncc1)c1ccc2nc(-c3ccccc3)cn2c1. The van der Waals surface area contributed by atoms with E-state index in [0.717, 1.165) is 28.9 Å². The van der Waals surface area contributed by atoms with Crippen molar-refractivity contribution in [2.24, 2.45) is 0 Å². The minimum absolute atomic E-state index is 0.0871. The highest BCUT2D eigenvalue weighted by atomic mass is 16.1. The van der Waals surface area contributed by atoms with Crippen LogP contribution in [0.25, 0.3) is 16.9 Å². The van der Waals surface area contributed by atoms with E-state index in [1.165, 1.54) is 0 Å². The van der Waals surface area contributed by atoms with Gasteiger partial charge in [-0.05, 0) is 36.2 Å². The Bertz CT molecular complexity index is 1030. The van der Waals surface area contributed by atoms with Crippen LogP contribution < -0.4 is 5.32 Å². The first kappa shape index (κ1) is 16.0. The van der Waals surface area contributed by atoms with Crippen LogP contribution in [0.3, 0.4) is 0 Å². The van der Waals surface area contributed by atoms with Gasteiger partial charge < -0.3 is 9.72 Å². The fourth-order valence-electron chi connectivity index (χ4n) is 2.85. The molecule has 3 aromatic heterocycles. The average Bonchev–Trinajstić information content (AvgIpc) is 3.13. The highest BCUT2D eigenvalue weighted by Gasteiger charge is 2.09. The van der Waals surface area contributed by atoms with Crippen LogP contribution in [-0.2, 0) is 6.42 Å². The monoisotopic (exact) mass is 342 g/mol. The van der Waals surface area contributed by atoms with E-state index >= 15 is 0 Å². The van der Waals surface area contributed by atoms with Gasteiger partial charge in [0.05, 0.1) is 11.3 Å². The van der Waals surface area contributed by atoms with Crippen LogP contribution in [0.4, 0.5) is 0 Å². The number of fused-ring (bicyclic) bond motifs is 1. The predicted octanol–water partition coefficient (Wildman–Crippen LogP) is 3.37. The summed E-state index contributed by atoms with van der Waals surface area (Å²) in [6.45, 7) is 0.583.